The van der Waals surface area contributed by atoms with Gasteiger partial charge in [-0.25, -0.2) is 14.8 Å². The third-order valence-electron chi connectivity index (χ3n) is 4.15. The summed E-state index contributed by atoms with van der Waals surface area (Å²) in [6, 6.07) is 7.12. The van der Waals surface area contributed by atoms with Crippen molar-refractivity contribution in [1.29, 1.82) is 0 Å². The van der Waals surface area contributed by atoms with Crippen LogP contribution in [0.3, 0.4) is 0 Å². The molecule has 0 unspecified atom stereocenters. The van der Waals surface area contributed by atoms with Crippen molar-refractivity contribution in [2.24, 2.45) is 0 Å². The molecule has 2 rings (SSSR count). The summed E-state index contributed by atoms with van der Waals surface area (Å²) in [5.41, 5.74) is 1.48. The molecule has 0 fully saturated rings. The van der Waals surface area contributed by atoms with E-state index >= 15 is 0 Å². The van der Waals surface area contributed by atoms with Crippen LogP contribution in [0.5, 0.6) is 5.75 Å². The summed E-state index contributed by atoms with van der Waals surface area (Å²) in [5, 5.41) is 0. The number of carbonyl (C=O) groups excluding carboxylic acids is 2. The minimum absolute atomic E-state index is 0.357. The van der Waals surface area contributed by atoms with Gasteiger partial charge in [0.15, 0.2) is 11.6 Å². The molecule has 0 aliphatic heterocycles. The van der Waals surface area contributed by atoms with E-state index in [2.05, 4.69) is 16.5 Å². The lowest BCUT2D eigenvalue weighted by atomic mass is 10.1. The van der Waals surface area contributed by atoms with E-state index < -0.39 is 0 Å². The maximum atomic E-state index is 10.9. The first-order valence-corrected chi connectivity index (χ1v) is 9.52. The second-order valence-corrected chi connectivity index (χ2v) is 6.32. The van der Waals surface area contributed by atoms with Crippen LogP contribution < -0.4 is 4.74 Å². The van der Waals surface area contributed by atoms with Crippen LogP contribution in [0.2, 0.25) is 0 Å². The summed E-state index contributed by atoms with van der Waals surface area (Å²) in [4.78, 5) is 30.2. The van der Waals surface area contributed by atoms with Crippen molar-refractivity contribution in [3.63, 3.8) is 0 Å². The van der Waals surface area contributed by atoms with Gasteiger partial charge in [-0.05, 0) is 12.8 Å². The Morgan fingerprint density at radius 3 is 2.14 bits per heavy atom. The highest BCUT2D eigenvalue weighted by atomic mass is 16.5. The Labute approximate surface area is 165 Å². The lowest BCUT2D eigenvalue weighted by Crippen LogP contribution is -2.01. The number of ether oxygens (including phenoxy) is 2. The molecule has 0 spiro atoms. The van der Waals surface area contributed by atoms with Crippen molar-refractivity contribution < 1.29 is 19.1 Å². The highest BCUT2D eigenvalue weighted by molar-refractivity contribution is 5.81. The van der Waals surface area contributed by atoms with E-state index in [1.807, 2.05) is 12.1 Å². The molecule has 1 heterocycles. The molecule has 6 heteroatoms. The number of esters is 1. The molecule has 28 heavy (non-hydrogen) atoms. The van der Waals surface area contributed by atoms with Crippen LogP contribution in [0.15, 0.2) is 49.3 Å². The number of hydrogen-bond acceptors (Lipinski definition) is 6. The zero-order chi connectivity index (χ0) is 20.0. The molecule has 0 aliphatic rings. The van der Waals surface area contributed by atoms with E-state index in [4.69, 9.17) is 9.47 Å². The van der Waals surface area contributed by atoms with E-state index in [9.17, 15) is 9.59 Å². The van der Waals surface area contributed by atoms with Gasteiger partial charge in [0.1, 0.15) is 6.29 Å². The summed E-state index contributed by atoms with van der Waals surface area (Å²) >= 11 is 0. The second kappa shape index (κ2) is 12.4. The van der Waals surface area contributed by atoms with Gasteiger partial charge in [-0.15, -0.1) is 0 Å². The Morgan fingerprint density at radius 1 is 0.929 bits per heavy atom. The Balaban J connectivity index is 1.56. The molecule has 0 N–H and O–H groups in total. The average molecular weight is 382 g/mol. The van der Waals surface area contributed by atoms with Crippen LogP contribution in [0.4, 0.5) is 0 Å². The molecule has 2 aromatic rings. The highest BCUT2D eigenvalue weighted by Gasteiger charge is 2.02. The number of aldehydes is 1. The monoisotopic (exact) mass is 382 g/mol. The average Bonchev–Trinajstić information content (AvgIpc) is 2.75. The Morgan fingerprint density at radius 2 is 1.54 bits per heavy atom. The lowest BCUT2D eigenvalue weighted by molar-refractivity contribution is -0.137. The van der Waals surface area contributed by atoms with Gasteiger partial charge >= 0.3 is 5.97 Å². The second-order valence-electron chi connectivity index (χ2n) is 6.32. The normalized spacial score (nSPS) is 10.3. The predicted molar refractivity (Wildman–Crippen MR) is 107 cm³/mol. The molecule has 0 radical (unpaired) electrons. The summed E-state index contributed by atoms with van der Waals surface area (Å²) in [6.45, 7) is 4.45. The predicted octanol–water partition coefficient (Wildman–Crippen LogP) is 4.40. The number of benzene rings is 1. The minimum atomic E-state index is -0.357. The first kappa shape index (κ1) is 21.3. The van der Waals surface area contributed by atoms with Gasteiger partial charge in [-0.2, -0.15) is 0 Å². The van der Waals surface area contributed by atoms with Gasteiger partial charge in [0.05, 0.1) is 25.6 Å². The number of carbonyl (C=O) groups is 2. The Hall–Kier alpha value is -3.02. The van der Waals surface area contributed by atoms with Gasteiger partial charge in [0, 0.05) is 17.2 Å². The maximum absolute atomic E-state index is 10.9. The third kappa shape index (κ3) is 7.70. The van der Waals surface area contributed by atoms with Gasteiger partial charge < -0.3 is 9.47 Å². The smallest absolute Gasteiger partial charge is 0.330 e. The summed E-state index contributed by atoms with van der Waals surface area (Å²) in [7, 11) is 0. The van der Waals surface area contributed by atoms with E-state index in [0.717, 1.165) is 50.4 Å². The van der Waals surface area contributed by atoms with E-state index in [0.29, 0.717) is 30.4 Å². The van der Waals surface area contributed by atoms with Crippen molar-refractivity contribution in [3.05, 3.63) is 54.9 Å². The number of unbranched alkanes of at least 4 members (excludes halogenated alkanes) is 5. The lowest BCUT2D eigenvalue weighted by Gasteiger charge is -2.06. The van der Waals surface area contributed by atoms with Crippen molar-refractivity contribution in [3.8, 4) is 17.1 Å². The molecule has 0 atom stereocenters. The first-order chi connectivity index (χ1) is 13.7. The first-order valence-electron chi connectivity index (χ1n) is 9.52. The fraction of sp³-hybridized carbons (Fsp3) is 0.364. The Bertz CT molecular complexity index is 742. The van der Waals surface area contributed by atoms with Gasteiger partial charge in [-0.3, -0.25) is 4.79 Å². The fourth-order valence-electron chi connectivity index (χ4n) is 2.58. The number of rotatable bonds is 13. The fourth-order valence-corrected chi connectivity index (χ4v) is 2.58. The van der Waals surface area contributed by atoms with Crippen LogP contribution in [0.25, 0.3) is 11.4 Å². The van der Waals surface area contributed by atoms with Crippen molar-refractivity contribution in [2.45, 2.75) is 38.5 Å². The van der Waals surface area contributed by atoms with Crippen LogP contribution in [0, 0.1) is 0 Å². The van der Waals surface area contributed by atoms with Crippen LogP contribution in [0.1, 0.15) is 48.9 Å². The SMILES string of the molecule is C=CC(=O)OCCCCCCCCOc1cnc(-c2ccc(C=O)cc2)nc1. The number of aromatic nitrogens is 2. The molecular weight excluding hydrogens is 356 g/mol. The highest BCUT2D eigenvalue weighted by Crippen LogP contribution is 2.17. The molecule has 0 saturated carbocycles. The van der Waals surface area contributed by atoms with Crippen molar-refractivity contribution in [1.82, 2.24) is 9.97 Å². The summed E-state index contributed by atoms with van der Waals surface area (Å²) < 4.78 is 10.6. The zero-order valence-electron chi connectivity index (χ0n) is 16.0. The molecule has 1 aromatic carbocycles. The molecule has 0 bridgehead atoms. The molecular formula is C22H26N2O4. The third-order valence-corrected chi connectivity index (χ3v) is 4.15. The molecule has 0 aliphatic carbocycles. The molecule has 0 amide bonds. The van der Waals surface area contributed by atoms with Crippen LogP contribution in [-0.4, -0.2) is 35.4 Å². The minimum Gasteiger partial charge on any atom is -0.490 e. The van der Waals surface area contributed by atoms with E-state index in [1.54, 1.807) is 24.5 Å². The maximum Gasteiger partial charge on any atom is 0.330 e. The zero-order valence-corrected chi connectivity index (χ0v) is 16.0. The van der Waals surface area contributed by atoms with Gasteiger partial charge in [-0.1, -0.05) is 56.5 Å². The van der Waals surface area contributed by atoms with Gasteiger partial charge in [0.2, 0.25) is 0 Å². The molecule has 148 valence electrons. The molecule has 1 aromatic heterocycles. The molecule has 6 nitrogen and oxygen atoms in total. The van der Waals surface area contributed by atoms with Crippen molar-refractivity contribution >= 4 is 12.3 Å². The van der Waals surface area contributed by atoms with E-state index in [1.165, 1.54) is 6.08 Å². The topological polar surface area (TPSA) is 78.4 Å². The Kier molecular flexibility index (Phi) is 9.41. The number of nitrogens with zero attached hydrogens (tertiary/aromatic N) is 2. The summed E-state index contributed by atoms with van der Waals surface area (Å²) in [5.74, 6) is 0.894. The summed E-state index contributed by atoms with van der Waals surface area (Å²) in [6.07, 6.45) is 11.6. The standard InChI is InChI=1S/C22H26N2O4/c1-2-21(26)28-14-8-6-4-3-5-7-13-27-20-15-23-22(24-16-20)19-11-9-18(17-25)10-12-19/h2,9-12,15-17H,1,3-8,13-14H2. The van der Waals surface area contributed by atoms with Crippen molar-refractivity contribution in [2.75, 3.05) is 13.2 Å². The number of hydrogen-bond donors (Lipinski definition) is 0. The van der Waals surface area contributed by atoms with Gasteiger partial charge in [0.25, 0.3) is 0 Å². The van der Waals surface area contributed by atoms with E-state index in [-0.39, 0.29) is 5.97 Å². The quantitative estimate of drug-likeness (QED) is 0.221. The molecule has 0 saturated heterocycles. The van der Waals surface area contributed by atoms with Crippen LogP contribution >= 0.6 is 0 Å². The van der Waals surface area contributed by atoms with Crippen LogP contribution in [-0.2, 0) is 9.53 Å². The largest absolute Gasteiger partial charge is 0.490 e.